The van der Waals surface area contributed by atoms with Crippen LogP contribution in [0.3, 0.4) is 0 Å². The van der Waals surface area contributed by atoms with E-state index in [0.29, 0.717) is 12.2 Å². The Bertz CT molecular complexity index is 191. The van der Waals surface area contributed by atoms with Gasteiger partial charge in [-0.15, -0.1) is 0 Å². The molecule has 0 radical (unpaired) electrons. The van der Waals surface area contributed by atoms with E-state index in [9.17, 15) is 4.79 Å². The molecule has 0 N–H and O–H groups in total. The highest BCUT2D eigenvalue weighted by Crippen LogP contribution is 1.98. The summed E-state index contributed by atoms with van der Waals surface area (Å²) >= 11 is 0. The Balaban J connectivity index is -0.000000318. The number of hydrogen-bond donors (Lipinski definition) is 0. The van der Waals surface area contributed by atoms with Gasteiger partial charge in [0.15, 0.2) is 0 Å². The molecule has 15 heavy (non-hydrogen) atoms. The van der Waals surface area contributed by atoms with E-state index in [4.69, 9.17) is 4.74 Å². The molecule has 0 rings (SSSR count). The van der Waals surface area contributed by atoms with E-state index < -0.39 is 0 Å². The highest BCUT2D eigenvalue weighted by atomic mass is 16.5. The minimum atomic E-state index is -0.359. The predicted octanol–water partition coefficient (Wildman–Crippen LogP) is 3.90. The van der Waals surface area contributed by atoms with Gasteiger partial charge >= 0.3 is 5.97 Å². The molecule has 0 aromatic heterocycles. The van der Waals surface area contributed by atoms with Crippen molar-refractivity contribution in [1.29, 1.82) is 0 Å². The molecule has 2 heteroatoms. The van der Waals surface area contributed by atoms with E-state index in [1.807, 2.05) is 27.7 Å². The SMILES string of the molecule is C=C/C=C(\C=C)C(=O)OCC.CC.CC. The minimum absolute atomic E-state index is 0.359. The van der Waals surface area contributed by atoms with Gasteiger partial charge in [-0.3, -0.25) is 0 Å². The molecule has 0 aliphatic carbocycles. The smallest absolute Gasteiger partial charge is 0.338 e. The van der Waals surface area contributed by atoms with Crippen molar-refractivity contribution in [2.45, 2.75) is 34.6 Å². The minimum Gasteiger partial charge on any atom is -0.462 e. The van der Waals surface area contributed by atoms with E-state index in [-0.39, 0.29) is 5.97 Å². The van der Waals surface area contributed by atoms with Crippen LogP contribution in [0.1, 0.15) is 34.6 Å². The molecule has 0 amide bonds. The Labute approximate surface area is 94.3 Å². The van der Waals surface area contributed by atoms with Crippen LogP contribution in [0.2, 0.25) is 0 Å². The second kappa shape index (κ2) is 18.5. The van der Waals surface area contributed by atoms with Crippen molar-refractivity contribution < 1.29 is 9.53 Å². The fraction of sp³-hybridized carbons (Fsp3) is 0.462. The number of carbonyl (C=O) groups excluding carboxylic acids is 1. The topological polar surface area (TPSA) is 26.3 Å². The first-order valence-electron chi connectivity index (χ1n) is 5.38. The van der Waals surface area contributed by atoms with E-state index in [1.165, 1.54) is 12.2 Å². The first kappa shape index (κ1) is 19.3. The van der Waals surface area contributed by atoms with Crippen LogP contribution in [-0.2, 0) is 9.53 Å². The number of rotatable bonds is 4. The zero-order valence-corrected chi connectivity index (χ0v) is 10.7. The van der Waals surface area contributed by atoms with Crippen molar-refractivity contribution in [3.63, 3.8) is 0 Å². The molecule has 0 fully saturated rings. The van der Waals surface area contributed by atoms with Crippen LogP contribution < -0.4 is 0 Å². The maximum atomic E-state index is 11.0. The molecule has 0 aromatic rings. The third-order valence-electron chi connectivity index (χ3n) is 1.03. The van der Waals surface area contributed by atoms with Gasteiger partial charge in [0.1, 0.15) is 0 Å². The van der Waals surface area contributed by atoms with Gasteiger partial charge in [-0.2, -0.15) is 0 Å². The van der Waals surface area contributed by atoms with Crippen LogP contribution in [0.4, 0.5) is 0 Å². The normalized spacial score (nSPS) is 8.47. The lowest BCUT2D eigenvalue weighted by atomic mass is 10.2. The van der Waals surface area contributed by atoms with Gasteiger partial charge in [-0.05, 0) is 13.0 Å². The maximum absolute atomic E-state index is 11.0. The van der Waals surface area contributed by atoms with Gasteiger partial charge in [-0.25, -0.2) is 4.79 Å². The highest BCUT2D eigenvalue weighted by molar-refractivity contribution is 5.91. The largest absolute Gasteiger partial charge is 0.462 e. The van der Waals surface area contributed by atoms with Crippen molar-refractivity contribution in [3.05, 3.63) is 37.0 Å². The predicted molar refractivity (Wildman–Crippen MR) is 67.8 cm³/mol. The van der Waals surface area contributed by atoms with Crippen molar-refractivity contribution in [2.24, 2.45) is 0 Å². The number of allylic oxidation sites excluding steroid dienone is 2. The average molecular weight is 212 g/mol. The Morgan fingerprint density at radius 2 is 1.67 bits per heavy atom. The number of esters is 1. The van der Waals surface area contributed by atoms with Crippen molar-refractivity contribution in [3.8, 4) is 0 Å². The molecule has 0 aliphatic heterocycles. The lowest BCUT2D eigenvalue weighted by Gasteiger charge is -1.99. The van der Waals surface area contributed by atoms with Gasteiger partial charge in [0.2, 0.25) is 0 Å². The molecule has 0 heterocycles. The molecular formula is C13H24O2. The van der Waals surface area contributed by atoms with E-state index in [1.54, 1.807) is 13.0 Å². The first-order chi connectivity index (χ1) is 7.26. The Morgan fingerprint density at radius 1 is 1.20 bits per heavy atom. The van der Waals surface area contributed by atoms with Gasteiger partial charge in [0, 0.05) is 0 Å². The summed E-state index contributed by atoms with van der Waals surface area (Å²) in [6.07, 6.45) is 4.53. The molecular weight excluding hydrogens is 188 g/mol. The second-order valence-electron chi connectivity index (χ2n) is 1.78. The molecule has 2 nitrogen and oxygen atoms in total. The quantitative estimate of drug-likeness (QED) is 0.401. The molecule has 0 spiro atoms. The molecule has 0 saturated carbocycles. The van der Waals surface area contributed by atoms with Crippen LogP contribution in [0.15, 0.2) is 37.0 Å². The van der Waals surface area contributed by atoms with Crippen LogP contribution in [0, 0.1) is 0 Å². The summed E-state index contributed by atoms with van der Waals surface area (Å²) in [7, 11) is 0. The summed E-state index contributed by atoms with van der Waals surface area (Å²) < 4.78 is 4.72. The lowest BCUT2D eigenvalue weighted by molar-refractivity contribution is -0.138. The van der Waals surface area contributed by atoms with Crippen molar-refractivity contribution in [2.75, 3.05) is 6.61 Å². The zero-order valence-electron chi connectivity index (χ0n) is 10.7. The molecule has 0 unspecified atom stereocenters. The molecule has 0 aromatic carbocycles. The van der Waals surface area contributed by atoms with Crippen molar-refractivity contribution in [1.82, 2.24) is 0 Å². The van der Waals surface area contributed by atoms with Crippen LogP contribution in [0.5, 0.6) is 0 Å². The number of carbonyl (C=O) groups is 1. The Morgan fingerprint density at radius 3 is 1.93 bits per heavy atom. The van der Waals surface area contributed by atoms with Gasteiger partial charge in [0.25, 0.3) is 0 Å². The average Bonchev–Trinajstić information content (AvgIpc) is 2.31. The second-order valence-corrected chi connectivity index (χ2v) is 1.78. The third kappa shape index (κ3) is 12.7. The van der Waals surface area contributed by atoms with Crippen molar-refractivity contribution >= 4 is 5.97 Å². The first-order valence-corrected chi connectivity index (χ1v) is 5.38. The highest BCUT2D eigenvalue weighted by Gasteiger charge is 2.03. The Hall–Kier alpha value is -1.31. The maximum Gasteiger partial charge on any atom is 0.338 e. The van der Waals surface area contributed by atoms with Gasteiger partial charge in [0.05, 0.1) is 12.2 Å². The van der Waals surface area contributed by atoms with E-state index >= 15 is 0 Å². The molecule has 0 saturated heterocycles. The zero-order chi connectivity index (χ0) is 12.7. The summed E-state index contributed by atoms with van der Waals surface area (Å²) in [4.78, 5) is 11.0. The summed E-state index contributed by atoms with van der Waals surface area (Å²) in [5.41, 5.74) is 0.432. The van der Waals surface area contributed by atoms with Crippen LogP contribution in [-0.4, -0.2) is 12.6 Å². The molecule has 0 atom stereocenters. The fourth-order valence-corrected chi connectivity index (χ4v) is 0.561. The van der Waals surface area contributed by atoms with Crippen LogP contribution >= 0.6 is 0 Å². The fourth-order valence-electron chi connectivity index (χ4n) is 0.561. The lowest BCUT2D eigenvalue weighted by Crippen LogP contribution is -2.05. The summed E-state index contributed by atoms with van der Waals surface area (Å²) in [5.74, 6) is -0.359. The monoisotopic (exact) mass is 212 g/mol. The Kier molecular flexibility index (Phi) is 23.8. The molecule has 88 valence electrons. The number of ether oxygens (including phenoxy) is 1. The van der Waals surface area contributed by atoms with Gasteiger partial charge < -0.3 is 4.74 Å². The summed E-state index contributed by atoms with van der Waals surface area (Å²) in [6.45, 7) is 17.1. The van der Waals surface area contributed by atoms with Gasteiger partial charge in [-0.1, -0.05) is 53.0 Å². The third-order valence-corrected chi connectivity index (χ3v) is 1.03. The van der Waals surface area contributed by atoms with Crippen LogP contribution in [0.25, 0.3) is 0 Å². The standard InChI is InChI=1S/C9H12O2.2C2H6/c1-4-7-8(5-2)9(10)11-6-3;2*1-2/h4-5,7H,1-2,6H2,3H3;2*1-2H3/b8-7+;;. The number of hydrogen-bond acceptors (Lipinski definition) is 2. The van der Waals surface area contributed by atoms with E-state index in [0.717, 1.165) is 0 Å². The van der Waals surface area contributed by atoms with E-state index in [2.05, 4.69) is 13.2 Å². The molecule has 0 bridgehead atoms. The summed E-state index contributed by atoms with van der Waals surface area (Å²) in [6, 6.07) is 0. The summed E-state index contributed by atoms with van der Waals surface area (Å²) in [5, 5.41) is 0. The molecule has 0 aliphatic rings.